The molecule has 4 aromatic rings. The van der Waals surface area contributed by atoms with Crippen molar-refractivity contribution >= 4 is 11.7 Å². The monoisotopic (exact) mass is 456 g/mol. The van der Waals surface area contributed by atoms with Crippen LogP contribution in [0.15, 0.2) is 65.5 Å². The number of nitro benzene ring substituents is 1. The molecule has 0 amide bonds. The SMILES string of the molecule is Cc1nc2c(o1)CCC(C1c3ccccc3-c3cncn31)C2OC(=O)c1ccc([N+](=O)[O-])cc1. The summed E-state index contributed by atoms with van der Waals surface area (Å²) in [6, 6.07) is 13.5. The number of nitro groups is 1. The van der Waals surface area contributed by atoms with Crippen LogP contribution in [0.3, 0.4) is 0 Å². The third-order valence-electron chi connectivity index (χ3n) is 6.67. The minimum Gasteiger partial charge on any atom is -0.452 e. The van der Waals surface area contributed by atoms with E-state index in [4.69, 9.17) is 9.15 Å². The molecule has 0 spiro atoms. The van der Waals surface area contributed by atoms with Crippen LogP contribution in [0, 0.1) is 23.0 Å². The minimum absolute atomic E-state index is 0.0754. The number of carbonyl (C=O) groups excluding carboxylic acids is 1. The summed E-state index contributed by atoms with van der Waals surface area (Å²) in [4.78, 5) is 32.5. The van der Waals surface area contributed by atoms with Gasteiger partial charge in [0.2, 0.25) is 0 Å². The number of imidazole rings is 1. The lowest BCUT2D eigenvalue weighted by atomic mass is 9.79. The van der Waals surface area contributed by atoms with Crippen molar-refractivity contribution in [3.05, 3.63) is 99.6 Å². The molecule has 2 aliphatic rings. The van der Waals surface area contributed by atoms with Crippen molar-refractivity contribution in [2.45, 2.75) is 31.9 Å². The number of hydrogen-bond donors (Lipinski definition) is 0. The fraction of sp³-hybridized carbons (Fsp3) is 0.240. The van der Waals surface area contributed by atoms with Gasteiger partial charge in [-0.05, 0) is 24.1 Å². The summed E-state index contributed by atoms with van der Waals surface area (Å²) in [5.74, 6) is 0.593. The van der Waals surface area contributed by atoms with Crippen LogP contribution in [0.25, 0.3) is 11.3 Å². The molecule has 2 aromatic heterocycles. The summed E-state index contributed by atoms with van der Waals surface area (Å²) in [5, 5.41) is 11.0. The Morgan fingerprint density at radius 1 is 1.21 bits per heavy atom. The third kappa shape index (κ3) is 3.12. The fourth-order valence-corrected chi connectivity index (χ4v) is 5.22. The molecule has 6 rings (SSSR count). The molecule has 9 heteroatoms. The van der Waals surface area contributed by atoms with E-state index in [1.54, 1.807) is 6.92 Å². The number of non-ortho nitro benzene ring substituents is 1. The van der Waals surface area contributed by atoms with E-state index in [1.807, 2.05) is 24.7 Å². The normalized spacial score (nSPS) is 20.3. The molecule has 1 aliphatic heterocycles. The molecular formula is C25H20N4O5. The zero-order chi connectivity index (χ0) is 23.4. The number of benzene rings is 2. The molecule has 3 heterocycles. The fourth-order valence-electron chi connectivity index (χ4n) is 5.22. The van der Waals surface area contributed by atoms with Crippen molar-refractivity contribution in [3.8, 4) is 11.3 Å². The molecule has 0 saturated heterocycles. The Labute approximate surface area is 194 Å². The highest BCUT2D eigenvalue weighted by Crippen LogP contribution is 2.51. The van der Waals surface area contributed by atoms with E-state index in [9.17, 15) is 14.9 Å². The summed E-state index contributed by atoms with van der Waals surface area (Å²) in [5.41, 5.74) is 4.10. The van der Waals surface area contributed by atoms with Gasteiger partial charge in [0.15, 0.2) is 12.0 Å². The van der Waals surface area contributed by atoms with Gasteiger partial charge in [-0.2, -0.15) is 0 Å². The van der Waals surface area contributed by atoms with Gasteiger partial charge in [-0.3, -0.25) is 10.1 Å². The molecule has 0 N–H and O–H groups in total. The molecule has 0 fully saturated rings. The summed E-state index contributed by atoms with van der Waals surface area (Å²) in [6.45, 7) is 1.78. The third-order valence-corrected chi connectivity index (χ3v) is 6.67. The van der Waals surface area contributed by atoms with Gasteiger partial charge in [0.25, 0.3) is 5.69 Å². The van der Waals surface area contributed by atoms with E-state index in [1.165, 1.54) is 24.3 Å². The highest BCUT2D eigenvalue weighted by molar-refractivity contribution is 5.89. The smallest absolute Gasteiger partial charge is 0.338 e. The van der Waals surface area contributed by atoms with E-state index >= 15 is 0 Å². The van der Waals surface area contributed by atoms with Gasteiger partial charge in [0.1, 0.15) is 11.5 Å². The van der Waals surface area contributed by atoms with E-state index in [0.717, 1.165) is 29.0 Å². The Morgan fingerprint density at radius 2 is 2.00 bits per heavy atom. The predicted octanol–water partition coefficient (Wildman–Crippen LogP) is 4.82. The summed E-state index contributed by atoms with van der Waals surface area (Å²) in [7, 11) is 0. The summed E-state index contributed by atoms with van der Waals surface area (Å²) in [6.07, 6.45) is 4.45. The highest BCUT2D eigenvalue weighted by Gasteiger charge is 2.45. The average Bonchev–Trinajstić information content (AvgIpc) is 3.53. The zero-order valence-electron chi connectivity index (χ0n) is 18.2. The highest BCUT2D eigenvalue weighted by atomic mass is 16.6. The van der Waals surface area contributed by atoms with Crippen molar-refractivity contribution in [2.75, 3.05) is 0 Å². The van der Waals surface area contributed by atoms with Crippen molar-refractivity contribution in [3.63, 3.8) is 0 Å². The summed E-state index contributed by atoms with van der Waals surface area (Å²) < 4.78 is 14.0. The van der Waals surface area contributed by atoms with Crippen LogP contribution >= 0.6 is 0 Å². The van der Waals surface area contributed by atoms with Crippen molar-refractivity contribution in [1.29, 1.82) is 0 Å². The van der Waals surface area contributed by atoms with Crippen LogP contribution in [0.2, 0.25) is 0 Å². The van der Waals surface area contributed by atoms with Crippen molar-refractivity contribution in [1.82, 2.24) is 14.5 Å². The number of aromatic nitrogens is 3. The number of rotatable bonds is 4. The number of hydrogen-bond acceptors (Lipinski definition) is 7. The maximum absolute atomic E-state index is 13.1. The van der Waals surface area contributed by atoms with Gasteiger partial charge < -0.3 is 13.7 Å². The number of ether oxygens (including phenoxy) is 1. The average molecular weight is 456 g/mol. The number of fused-ring (bicyclic) bond motifs is 4. The van der Waals surface area contributed by atoms with Crippen LogP contribution in [-0.2, 0) is 11.2 Å². The molecular weight excluding hydrogens is 436 g/mol. The topological polar surface area (TPSA) is 113 Å². The molecule has 2 aromatic carbocycles. The summed E-state index contributed by atoms with van der Waals surface area (Å²) >= 11 is 0. The first-order chi connectivity index (χ1) is 16.5. The lowest BCUT2D eigenvalue weighted by Crippen LogP contribution is -2.31. The largest absolute Gasteiger partial charge is 0.452 e. The molecule has 170 valence electrons. The maximum atomic E-state index is 13.1. The standard InChI is InChI=1S/C25H20N4O5/c1-14-27-22-21(33-14)11-10-19(23-18-5-3-2-4-17(18)20-12-26-13-28(20)23)24(22)34-25(30)15-6-8-16(9-7-15)29(31)32/h2-9,12-13,19,23-24H,10-11H2,1H3. The van der Waals surface area contributed by atoms with E-state index in [2.05, 4.69) is 26.7 Å². The molecule has 9 nitrogen and oxygen atoms in total. The molecule has 1 aliphatic carbocycles. The second kappa shape index (κ2) is 7.65. The number of nitrogens with zero attached hydrogens (tertiary/aromatic N) is 4. The first kappa shape index (κ1) is 20.3. The second-order valence-electron chi connectivity index (χ2n) is 8.59. The van der Waals surface area contributed by atoms with Crippen LogP contribution in [0.5, 0.6) is 0 Å². The molecule has 34 heavy (non-hydrogen) atoms. The van der Waals surface area contributed by atoms with Crippen molar-refractivity contribution < 1.29 is 18.9 Å². The Kier molecular flexibility index (Phi) is 4.58. The number of oxazole rings is 1. The minimum atomic E-state index is -0.643. The lowest BCUT2D eigenvalue weighted by molar-refractivity contribution is -0.384. The van der Waals surface area contributed by atoms with Gasteiger partial charge in [-0.1, -0.05) is 24.3 Å². The first-order valence-corrected chi connectivity index (χ1v) is 11.0. The lowest BCUT2D eigenvalue weighted by Gasteiger charge is -2.34. The van der Waals surface area contributed by atoms with Gasteiger partial charge in [-0.25, -0.2) is 14.8 Å². The van der Waals surface area contributed by atoms with Gasteiger partial charge in [-0.15, -0.1) is 0 Å². The Morgan fingerprint density at radius 3 is 2.79 bits per heavy atom. The van der Waals surface area contributed by atoms with E-state index < -0.39 is 17.0 Å². The van der Waals surface area contributed by atoms with Crippen LogP contribution in [0.4, 0.5) is 5.69 Å². The predicted molar refractivity (Wildman–Crippen MR) is 120 cm³/mol. The Hall–Kier alpha value is -4.27. The van der Waals surface area contributed by atoms with Crippen molar-refractivity contribution in [2.24, 2.45) is 5.92 Å². The number of esters is 1. The second-order valence-corrected chi connectivity index (χ2v) is 8.59. The maximum Gasteiger partial charge on any atom is 0.338 e. The molecule has 3 unspecified atom stereocenters. The Bertz CT molecular complexity index is 1420. The quantitative estimate of drug-likeness (QED) is 0.246. The van der Waals surface area contributed by atoms with Crippen LogP contribution in [0.1, 0.15) is 51.8 Å². The number of carbonyl (C=O) groups is 1. The zero-order valence-corrected chi connectivity index (χ0v) is 18.2. The first-order valence-electron chi connectivity index (χ1n) is 11.0. The molecule has 0 radical (unpaired) electrons. The molecule has 0 saturated carbocycles. The Balaban J connectivity index is 1.39. The molecule has 0 bridgehead atoms. The molecule has 3 atom stereocenters. The van der Waals surface area contributed by atoms with Crippen LogP contribution < -0.4 is 0 Å². The van der Waals surface area contributed by atoms with E-state index in [0.29, 0.717) is 18.0 Å². The van der Waals surface area contributed by atoms with Gasteiger partial charge in [0, 0.05) is 37.0 Å². The van der Waals surface area contributed by atoms with Gasteiger partial charge in [0.05, 0.1) is 34.7 Å². The van der Waals surface area contributed by atoms with Gasteiger partial charge >= 0.3 is 5.97 Å². The van der Waals surface area contributed by atoms with Crippen LogP contribution in [-0.4, -0.2) is 25.4 Å². The number of aryl methyl sites for hydroxylation is 2. The van der Waals surface area contributed by atoms with E-state index in [-0.39, 0.29) is 23.2 Å².